The summed E-state index contributed by atoms with van der Waals surface area (Å²) in [7, 11) is 0. The van der Waals surface area contributed by atoms with Gasteiger partial charge in [-0.25, -0.2) is 0 Å². The Bertz CT molecular complexity index is 416. The van der Waals surface area contributed by atoms with Crippen molar-refractivity contribution in [3.8, 4) is 12.3 Å². The highest BCUT2D eigenvalue weighted by molar-refractivity contribution is 5.33. The number of hydrogen-bond acceptors (Lipinski definition) is 1. The molecule has 0 bridgehead atoms. The molecular weight excluding hydrogens is 218 g/mol. The van der Waals surface area contributed by atoms with Crippen LogP contribution in [0.4, 0.5) is 0 Å². The average Bonchev–Trinajstić information content (AvgIpc) is 2.43. The van der Waals surface area contributed by atoms with E-state index in [9.17, 15) is 0 Å². The van der Waals surface area contributed by atoms with Crippen molar-refractivity contribution in [2.75, 3.05) is 6.54 Å². The minimum absolute atomic E-state index is 0.535. The van der Waals surface area contributed by atoms with Crippen LogP contribution in [-0.2, 0) is 6.42 Å². The number of rotatable bonds is 5. The number of hydrogen-bond donors (Lipinski definition) is 1. The molecule has 2 rings (SSSR count). The van der Waals surface area contributed by atoms with E-state index in [0.29, 0.717) is 12.0 Å². The Hall–Kier alpha value is -1.26. The summed E-state index contributed by atoms with van der Waals surface area (Å²) in [4.78, 5) is 0. The Morgan fingerprint density at radius 2 is 2.28 bits per heavy atom. The molecule has 0 spiro atoms. The molecule has 1 heteroatoms. The molecule has 0 radical (unpaired) electrons. The number of terminal acetylenes is 1. The Kier molecular flexibility index (Phi) is 4.84. The molecule has 0 amide bonds. The first-order chi connectivity index (χ1) is 8.86. The first-order valence-electron chi connectivity index (χ1n) is 7.11. The van der Waals surface area contributed by atoms with Crippen LogP contribution in [0.25, 0.3) is 0 Å². The van der Waals surface area contributed by atoms with Gasteiger partial charge in [-0.05, 0) is 49.3 Å². The van der Waals surface area contributed by atoms with Gasteiger partial charge in [0.25, 0.3) is 0 Å². The third-order valence-electron chi connectivity index (χ3n) is 3.97. The van der Waals surface area contributed by atoms with Gasteiger partial charge in [-0.2, -0.15) is 0 Å². The van der Waals surface area contributed by atoms with Crippen LogP contribution in [0.1, 0.15) is 49.7 Å². The van der Waals surface area contributed by atoms with Crippen molar-refractivity contribution in [2.24, 2.45) is 0 Å². The number of aryl methyl sites for hydroxylation is 1. The van der Waals surface area contributed by atoms with E-state index in [2.05, 4.69) is 42.4 Å². The second-order valence-electron chi connectivity index (χ2n) is 5.10. The highest BCUT2D eigenvalue weighted by Gasteiger charge is 2.26. The molecule has 2 unspecified atom stereocenters. The summed E-state index contributed by atoms with van der Waals surface area (Å²) in [6, 6.07) is 9.45. The zero-order valence-corrected chi connectivity index (χ0v) is 11.3. The smallest absolute Gasteiger partial charge is 0.0145 e. The topological polar surface area (TPSA) is 12.0 Å². The predicted octanol–water partition coefficient (Wildman–Crippen LogP) is 3.50. The molecule has 96 valence electrons. The van der Waals surface area contributed by atoms with Gasteiger partial charge >= 0.3 is 0 Å². The van der Waals surface area contributed by atoms with E-state index in [-0.39, 0.29) is 0 Å². The first kappa shape index (κ1) is 13.2. The average molecular weight is 241 g/mol. The van der Waals surface area contributed by atoms with Gasteiger partial charge in [0.2, 0.25) is 0 Å². The van der Waals surface area contributed by atoms with Crippen LogP contribution in [-0.4, -0.2) is 12.6 Å². The van der Waals surface area contributed by atoms with Crippen LogP contribution in [0.3, 0.4) is 0 Å². The van der Waals surface area contributed by atoms with E-state index in [0.717, 1.165) is 19.4 Å². The normalized spacial score (nSPS) is 19.9. The zero-order chi connectivity index (χ0) is 12.8. The monoisotopic (exact) mass is 241 g/mol. The molecule has 1 aromatic carbocycles. The molecule has 18 heavy (non-hydrogen) atoms. The Labute approximate surface area is 111 Å². The third kappa shape index (κ3) is 2.94. The minimum atomic E-state index is 0.535. The van der Waals surface area contributed by atoms with Gasteiger partial charge in [0, 0.05) is 12.5 Å². The number of likely N-dealkylation sites (N-methyl/N-ethyl adjacent to an activating group) is 1. The van der Waals surface area contributed by atoms with Crippen molar-refractivity contribution >= 4 is 0 Å². The fraction of sp³-hybridized carbons (Fsp3) is 0.529. The van der Waals surface area contributed by atoms with Crippen LogP contribution in [0, 0.1) is 12.3 Å². The van der Waals surface area contributed by atoms with Crippen LogP contribution in [0.2, 0.25) is 0 Å². The molecular formula is C17H23N. The molecule has 1 aliphatic carbocycles. The molecule has 1 nitrogen and oxygen atoms in total. The number of benzene rings is 1. The van der Waals surface area contributed by atoms with E-state index >= 15 is 0 Å². The van der Waals surface area contributed by atoms with Crippen molar-refractivity contribution in [3.05, 3.63) is 35.4 Å². The maximum Gasteiger partial charge on any atom is 0.0145 e. The van der Waals surface area contributed by atoms with Crippen molar-refractivity contribution in [2.45, 2.75) is 51.0 Å². The van der Waals surface area contributed by atoms with E-state index in [4.69, 9.17) is 6.42 Å². The second-order valence-corrected chi connectivity index (χ2v) is 5.10. The summed E-state index contributed by atoms with van der Waals surface area (Å²) in [6.45, 7) is 3.20. The van der Waals surface area contributed by atoms with Crippen LogP contribution in [0.15, 0.2) is 24.3 Å². The lowest BCUT2D eigenvalue weighted by atomic mass is 9.77. The molecule has 1 N–H and O–H groups in total. The number of nitrogens with one attached hydrogen (secondary N) is 1. The zero-order valence-electron chi connectivity index (χ0n) is 11.3. The molecule has 1 aromatic rings. The van der Waals surface area contributed by atoms with Crippen LogP contribution < -0.4 is 5.32 Å². The summed E-state index contributed by atoms with van der Waals surface area (Å²) in [6.07, 6.45) is 11.2. The summed E-state index contributed by atoms with van der Waals surface area (Å²) in [5, 5.41) is 3.63. The van der Waals surface area contributed by atoms with E-state index in [1.807, 2.05) is 0 Å². The lowest BCUT2D eigenvalue weighted by Gasteiger charge is -2.32. The summed E-state index contributed by atoms with van der Waals surface area (Å²) in [5.41, 5.74) is 3.09. The van der Waals surface area contributed by atoms with Crippen molar-refractivity contribution in [3.63, 3.8) is 0 Å². The highest BCUT2D eigenvalue weighted by atomic mass is 14.9. The lowest BCUT2D eigenvalue weighted by Crippen LogP contribution is -2.36. The summed E-state index contributed by atoms with van der Waals surface area (Å²) in [5.74, 6) is 3.42. The molecule has 0 aromatic heterocycles. The molecule has 0 aliphatic heterocycles. The number of fused-ring (bicyclic) bond motifs is 1. The maximum absolute atomic E-state index is 5.42. The lowest BCUT2D eigenvalue weighted by molar-refractivity contribution is 0.382. The Morgan fingerprint density at radius 3 is 3.06 bits per heavy atom. The van der Waals surface area contributed by atoms with E-state index in [1.165, 1.54) is 24.8 Å². The van der Waals surface area contributed by atoms with Crippen molar-refractivity contribution in [1.29, 1.82) is 0 Å². The van der Waals surface area contributed by atoms with Crippen molar-refractivity contribution < 1.29 is 0 Å². The molecule has 0 saturated heterocycles. The Balaban J connectivity index is 2.18. The molecule has 0 fully saturated rings. The fourth-order valence-electron chi connectivity index (χ4n) is 3.16. The van der Waals surface area contributed by atoms with E-state index in [1.54, 1.807) is 5.56 Å². The van der Waals surface area contributed by atoms with Crippen molar-refractivity contribution in [1.82, 2.24) is 5.32 Å². The van der Waals surface area contributed by atoms with Gasteiger partial charge in [0.15, 0.2) is 0 Å². The van der Waals surface area contributed by atoms with Gasteiger partial charge < -0.3 is 5.32 Å². The largest absolute Gasteiger partial charge is 0.314 e. The Morgan fingerprint density at radius 1 is 1.44 bits per heavy atom. The second kappa shape index (κ2) is 6.61. The van der Waals surface area contributed by atoms with E-state index < -0.39 is 0 Å². The summed E-state index contributed by atoms with van der Waals surface area (Å²) >= 11 is 0. The minimum Gasteiger partial charge on any atom is -0.314 e. The fourth-order valence-corrected chi connectivity index (χ4v) is 3.16. The highest BCUT2D eigenvalue weighted by Crippen LogP contribution is 2.35. The quantitative estimate of drug-likeness (QED) is 0.778. The SMILES string of the molecule is C#CCCC(NCC)C1CCCc2ccccc21. The van der Waals surface area contributed by atoms with Gasteiger partial charge in [0.1, 0.15) is 0 Å². The first-order valence-corrected chi connectivity index (χ1v) is 7.11. The van der Waals surface area contributed by atoms with Gasteiger partial charge in [-0.1, -0.05) is 31.2 Å². The molecule has 1 aliphatic rings. The molecule has 0 heterocycles. The van der Waals surface area contributed by atoms with Crippen LogP contribution >= 0.6 is 0 Å². The molecule has 2 atom stereocenters. The van der Waals surface area contributed by atoms with Crippen LogP contribution in [0.5, 0.6) is 0 Å². The summed E-state index contributed by atoms with van der Waals surface area (Å²) < 4.78 is 0. The molecule has 0 saturated carbocycles. The third-order valence-corrected chi connectivity index (χ3v) is 3.97. The predicted molar refractivity (Wildman–Crippen MR) is 77.7 cm³/mol. The van der Waals surface area contributed by atoms with Gasteiger partial charge in [-0.3, -0.25) is 0 Å². The van der Waals surface area contributed by atoms with Gasteiger partial charge in [-0.15, -0.1) is 12.3 Å². The van der Waals surface area contributed by atoms with Gasteiger partial charge in [0.05, 0.1) is 0 Å². The maximum atomic E-state index is 5.42. The standard InChI is InChI=1S/C17H23N/c1-3-5-13-17(18-4-2)16-12-8-10-14-9-6-7-11-15(14)16/h1,6-7,9,11,16-18H,4-5,8,10,12-13H2,2H3.